The van der Waals surface area contributed by atoms with Crippen LogP contribution in [0.1, 0.15) is 21.7 Å². The second-order valence-electron chi connectivity index (χ2n) is 5.76. The predicted octanol–water partition coefficient (Wildman–Crippen LogP) is 1.30. The van der Waals surface area contributed by atoms with E-state index in [1.165, 1.54) is 12.3 Å². The molecule has 8 nitrogen and oxygen atoms in total. The number of imidazole rings is 1. The predicted molar refractivity (Wildman–Crippen MR) is 97.8 cm³/mol. The number of hydrogen-bond donors (Lipinski definition) is 2. The Hall–Kier alpha value is -3.81. The third-order valence-corrected chi connectivity index (χ3v) is 3.82. The Kier molecular flexibility index (Phi) is 5.36. The first-order valence-electron chi connectivity index (χ1n) is 8.15. The van der Waals surface area contributed by atoms with E-state index in [4.69, 9.17) is 0 Å². The number of hydrogen-bond acceptors (Lipinski definition) is 5. The van der Waals surface area contributed by atoms with Gasteiger partial charge < -0.3 is 15.2 Å². The number of rotatable bonds is 5. The molecule has 1 aromatic carbocycles. The van der Waals surface area contributed by atoms with Crippen molar-refractivity contribution in [2.24, 2.45) is 7.05 Å². The molecule has 0 bridgehead atoms. The standard InChI is InChI=1S/C19H17N5O3/c1-24-10-9-21-17(24)16(25)14-3-2-4-15(11-14)23-19(27)18(26)22-12-13-5-7-20-8-6-13/h2-11H,12H2,1H3,(H,22,26)(H,23,27). The minimum atomic E-state index is -0.814. The summed E-state index contributed by atoms with van der Waals surface area (Å²) >= 11 is 0. The highest BCUT2D eigenvalue weighted by molar-refractivity contribution is 6.39. The highest BCUT2D eigenvalue weighted by Crippen LogP contribution is 2.14. The number of aryl methyl sites for hydroxylation is 1. The number of aromatic nitrogens is 3. The van der Waals surface area contributed by atoms with Gasteiger partial charge in [0.2, 0.25) is 5.78 Å². The molecule has 0 spiro atoms. The van der Waals surface area contributed by atoms with Gasteiger partial charge in [0.05, 0.1) is 0 Å². The van der Waals surface area contributed by atoms with Crippen LogP contribution in [-0.4, -0.2) is 32.1 Å². The Morgan fingerprint density at radius 1 is 1.04 bits per heavy atom. The smallest absolute Gasteiger partial charge is 0.313 e. The highest BCUT2D eigenvalue weighted by atomic mass is 16.2. The first-order valence-corrected chi connectivity index (χ1v) is 8.15. The third-order valence-electron chi connectivity index (χ3n) is 3.82. The molecule has 0 unspecified atom stereocenters. The molecule has 8 heteroatoms. The van der Waals surface area contributed by atoms with Gasteiger partial charge in [-0.15, -0.1) is 0 Å². The fourth-order valence-electron chi connectivity index (χ4n) is 2.40. The van der Waals surface area contributed by atoms with Gasteiger partial charge >= 0.3 is 11.8 Å². The van der Waals surface area contributed by atoms with Crippen LogP contribution in [0, 0.1) is 0 Å². The summed E-state index contributed by atoms with van der Waals surface area (Å²) in [7, 11) is 1.72. The first kappa shape index (κ1) is 18.0. The lowest BCUT2D eigenvalue weighted by molar-refractivity contribution is -0.136. The first-order chi connectivity index (χ1) is 13.0. The van der Waals surface area contributed by atoms with Crippen molar-refractivity contribution in [2.45, 2.75) is 6.54 Å². The molecule has 3 rings (SSSR count). The number of amides is 2. The SMILES string of the molecule is Cn1ccnc1C(=O)c1cccc(NC(=O)C(=O)NCc2ccncc2)c1. The fourth-order valence-corrected chi connectivity index (χ4v) is 2.40. The van der Waals surface area contributed by atoms with E-state index in [1.807, 2.05) is 0 Å². The largest absolute Gasteiger partial charge is 0.344 e. The maximum absolute atomic E-state index is 12.5. The molecule has 2 aromatic heterocycles. The van der Waals surface area contributed by atoms with E-state index >= 15 is 0 Å². The zero-order valence-corrected chi connectivity index (χ0v) is 14.5. The molecular formula is C19H17N5O3. The minimum absolute atomic E-state index is 0.215. The van der Waals surface area contributed by atoms with Crippen LogP contribution in [-0.2, 0) is 23.2 Å². The van der Waals surface area contributed by atoms with Crippen molar-refractivity contribution in [3.63, 3.8) is 0 Å². The number of ketones is 1. The molecule has 0 atom stereocenters. The average molecular weight is 363 g/mol. The summed E-state index contributed by atoms with van der Waals surface area (Å²) < 4.78 is 1.61. The van der Waals surface area contributed by atoms with Crippen molar-refractivity contribution >= 4 is 23.3 Å². The fraction of sp³-hybridized carbons (Fsp3) is 0.105. The molecule has 0 aliphatic heterocycles. The van der Waals surface area contributed by atoms with Gasteiger partial charge in [0, 0.05) is 49.6 Å². The second kappa shape index (κ2) is 8.05. The second-order valence-corrected chi connectivity index (χ2v) is 5.76. The van der Waals surface area contributed by atoms with Crippen LogP contribution in [0.15, 0.2) is 61.2 Å². The molecule has 0 saturated heterocycles. The number of pyridine rings is 1. The van der Waals surface area contributed by atoms with Gasteiger partial charge in [-0.1, -0.05) is 12.1 Å². The van der Waals surface area contributed by atoms with Crippen LogP contribution in [0.5, 0.6) is 0 Å². The van der Waals surface area contributed by atoms with Gasteiger partial charge in [0.15, 0.2) is 5.82 Å². The summed E-state index contributed by atoms with van der Waals surface area (Å²) in [6.45, 7) is 0.215. The van der Waals surface area contributed by atoms with Crippen molar-refractivity contribution < 1.29 is 14.4 Å². The summed E-state index contributed by atoms with van der Waals surface area (Å²) in [5.41, 5.74) is 1.53. The number of nitrogens with zero attached hydrogens (tertiary/aromatic N) is 3. The number of nitrogens with one attached hydrogen (secondary N) is 2. The number of carbonyl (C=O) groups is 3. The van der Waals surface area contributed by atoms with Gasteiger partial charge in [0.1, 0.15) is 0 Å². The Labute approximate surface area is 155 Å². The van der Waals surface area contributed by atoms with Crippen molar-refractivity contribution in [2.75, 3.05) is 5.32 Å². The lowest BCUT2D eigenvalue weighted by Gasteiger charge is -2.08. The molecule has 0 aliphatic rings. The molecule has 0 aliphatic carbocycles. The molecular weight excluding hydrogens is 346 g/mol. The Morgan fingerprint density at radius 3 is 2.52 bits per heavy atom. The Morgan fingerprint density at radius 2 is 1.81 bits per heavy atom. The summed E-state index contributed by atoms with van der Waals surface area (Å²) in [6, 6.07) is 9.83. The van der Waals surface area contributed by atoms with E-state index in [1.54, 1.807) is 60.5 Å². The maximum atomic E-state index is 12.5. The monoisotopic (exact) mass is 363 g/mol. The van der Waals surface area contributed by atoms with Crippen LogP contribution >= 0.6 is 0 Å². The zero-order valence-electron chi connectivity index (χ0n) is 14.5. The van der Waals surface area contributed by atoms with Crippen LogP contribution in [0.3, 0.4) is 0 Å². The zero-order chi connectivity index (χ0) is 19.2. The van der Waals surface area contributed by atoms with E-state index in [9.17, 15) is 14.4 Å². The molecule has 136 valence electrons. The molecule has 0 radical (unpaired) electrons. The highest BCUT2D eigenvalue weighted by Gasteiger charge is 2.16. The molecule has 27 heavy (non-hydrogen) atoms. The molecule has 2 heterocycles. The number of benzene rings is 1. The summed E-state index contributed by atoms with van der Waals surface area (Å²) in [5.74, 6) is -1.58. The summed E-state index contributed by atoms with van der Waals surface area (Å²) in [6.07, 6.45) is 6.41. The molecule has 0 saturated carbocycles. The normalized spacial score (nSPS) is 10.3. The van der Waals surface area contributed by atoms with Crippen molar-refractivity contribution in [1.82, 2.24) is 19.9 Å². The molecule has 2 N–H and O–H groups in total. The summed E-state index contributed by atoms with van der Waals surface area (Å²) in [4.78, 5) is 44.4. The van der Waals surface area contributed by atoms with Crippen LogP contribution < -0.4 is 10.6 Å². The number of carbonyl (C=O) groups excluding carboxylic acids is 3. The van der Waals surface area contributed by atoms with Crippen LogP contribution in [0.2, 0.25) is 0 Å². The topological polar surface area (TPSA) is 106 Å². The van der Waals surface area contributed by atoms with Gasteiger partial charge in [-0.05, 0) is 29.8 Å². The van der Waals surface area contributed by atoms with Crippen LogP contribution in [0.4, 0.5) is 5.69 Å². The summed E-state index contributed by atoms with van der Waals surface area (Å²) in [5, 5.41) is 5.02. The van der Waals surface area contributed by atoms with E-state index < -0.39 is 11.8 Å². The lowest BCUT2D eigenvalue weighted by Crippen LogP contribution is -2.35. The van der Waals surface area contributed by atoms with Gasteiger partial charge in [-0.2, -0.15) is 0 Å². The quantitative estimate of drug-likeness (QED) is 0.525. The molecule has 2 amide bonds. The number of anilines is 1. The lowest BCUT2D eigenvalue weighted by atomic mass is 10.1. The average Bonchev–Trinajstić information content (AvgIpc) is 3.12. The van der Waals surface area contributed by atoms with Crippen molar-refractivity contribution in [3.05, 3.63) is 78.1 Å². The van der Waals surface area contributed by atoms with Gasteiger partial charge in [0.25, 0.3) is 0 Å². The van der Waals surface area contributed by atoms with Crippen molar-refractivity contribution in [3.8, 4) is 0 Å². The van der Waals surface area contributed by atoms with E-state index in [2.05, 4.69) is 20.6 Å². The molecule has 3 aromatic rings. The van der Waals surface area contributed by atoms with Gasteiger partial charge in [-0.3, -0.25) is 19.4 Å². The molecule has 0 fully saturated rings. The van der Waals surface area contributed by atoms with Gasteiger partial charge in [-0.25, -0.2) is 4.98 Å². The minimum Gasteiger partial charge on any atom is -0.344 e. The van der Waals surface area contributed by atoms with E-state index in [-0.39, 0.29) is 18.2 Å². The van der Waals surface area contributed by atoms with Crippen LogP contribution in [0.25, 0.3) is 0 Å². The maximum Gasteiger partial charge on any atom is 0.313 e. The van der Waals surface area contributed by atoms with E-state index in [0.29, 0.717) is 11.3 Å². The Bertz CT molecular complexity index is 982. The van der Waals surface area contributed by atoms with Crippen molar-refractivity contribution in [1.29, 1.82) is 0 Å². The van der Waals surface area contributed by atoms with E-state index in [0.717, 1.165) is 5.56 Å². The Balaban J connectivity index is 1.63. The third kappa shape index (κ3) is 4.43.